The Bertz CT molecular complexity index is 643. The Morgan fingerprint density at radius 3 is 2.44 bits per heavy atom. The van der Waals surface area contributed by atoms with Crippen LogP contribution >= 0.6 is 0 Å². The van der Waals surface area contributed by atoms with E-state index in [1.165, 1.54) is 0 Å². The predicted octanol–water partition coefficient (Wildman–Crippen LogP) is -0.0284. The fraction of sp³-hybridized carbons (Fsp3) is 0.588. The second-order valence-corrected chi connectivity index (χ2v) is 8.61. The molecule has 7 nitrogen and oxygen atoms in total. The van der Waals surface area contributed by atoms with E-state index in [1.807, 2.05) is 30.3 Å². The average Bonchev–Trinajstić information content (AvgIpc) is 2.60. The van der Waals surface area contributed by atoms with Crippen LogP contribution in [0.4, 0.5) is 0 Å². The molecule has 1 fully saturated rings. The smallest absolute Gasteiger partial charge is 0.239 e. The molecule has 0 bridgehead atoms. The second kappa shape index (κ2) is 9.17. The van der Waals surface area contributed by atoms with E-state index in [0.29, 0.717) is 19.7 Å². The summed E-state index contributed by atoms with van der Waals surface area (Å²) < 4.78 is 28.0. The molecule has 140 valence electrons. The lowest BCUT2D eigenvalue weighted by molar-refractivity contribution is -0.134. The van der Waals surface area contributed by atoms with E-state index in [2.05, 4.69) is 4.90 Å². The maximum Gasteiger partial charge on any atom is 0.239 e. The van der Waals surface area contributed by atoms with Crippen molar-refractivity contribution in [2.24, 2.45) is 5.73 Å². The van der Waals surface area contributed by atoms with Crippen LogP contribution in [0.1, 0.15) is 6.42 Å². The monoisotopic (exact) mass is 369 g/mol. The van der Waals surface area contributed by atoms with Crippen molar-refractivity contribution in [2.75, 3.05) is 51.3 Å². The number of rotatable bonds is 8. The molecule has 0 aliphatic carbocycles. The van der Waals surface area contributed by atoms with Gasteiger partial charge >= 0.3 is 0 Å². The number of para-hydroxylation sites is 1. The van der Waals surface area contributed by atoms with E-state index in [1.54, 1.807) is 4.90 Å². The third kappa shape index (κ3) is 7.01. The summed E-state index contributed by atoms with van der Waals surface area (Å²) in [7, 11) is -3.10. The van der Waals surface area contributed by atoms with Gasteiger partial charge in [0.25, 0.3) is 0 Å². The molecule has 1 amide bonds. The van der Waals surface area contributed by atoms with Gasteiger partial charge in [-0.2, -0.15) is 0 Å². The highest BCUT2D eigenvalue weighted by Gasteiger charge is 2.25. The van der Waals surface area contributed by atoms with Gasteiger partial charge in [-0.25, -0.2) is 8.42 Å². The molecule has 1 atom stereocenters. The molecule has 1 aromatic rings. The summed E-state index contributed by atoms with van der Waals surface area (Å²) >= 11 is 0. The molecular formula is C17H27N3O4S. The first-order valence-electron chi connectivity index (χ1n) is 8.47. The van der Waals surface area contributed by atoms with Gasteiger partial charge in [0.2, 0.25) is 5.91 Å². The summed E-state index contributed by atoms with van der Waals surface area (Å²) in [6.07, 6.45) is 1.32. The zero-order valence-electron chi connectivity index (χ0n) is 14.6. The summed E-state index contributed by atoms with van der Waals surface area (Å²) in [6, 6.07) is 8.93. The number of hydrogen-bond donors (Lipinski definition) is 1. The van der Waals surface area contributed by atoms with Crippen molar-refractivity contribution < 1.29 is 17.9 Å². The number of carbonyl (C=O) groups is 1. The maximum absolute atomic E-state index is 12.3. The zero-order valence-corrected chi connectivity index (χ0v) is 15.5. The number of ether oxygens (including phenoxy) is 1. The number of hydrogen-bond acceptors (Lipinski definition) is 6. The predicted molar refractivity (Wildman–Crippen MR) is 97.3 cm³/mol. The third-order valence-electron chi connectivity index (χ3n) is 4.22. The van der Waals surface area contributed by atoms with E-state index < -0.39 is 15.9 Å². The van der Waals surface area contributed by atoms with Crippen molar-refractivity contribution in [2.45, 2.75) is 12.5 Å². The molecule has 1 unspecified atom stereocenters. The van der Waals surface area contributed by atoms with Crippen molar-refractivity contribution in [3.63, 3.8) is 0 Å². The number of nitrogens with two attached hydrogens (primary N) is 1. The summed E-state index contributed by atoms with van der Waals surface area (Å²) in [4.78, 5) is 16.3. The number of nitrogens with zero attached hydrogens (tertiary/aromatic N) is 2. The van der Waals surface area contributed by atoms with Gasteiger partial charge in [-0.1, -0.05) is 18.2 Å². The Morgan fingerprint density at radius 2 is 1.84 bits per heavy atom. The Balaban J connectivity index is 1.67. The second-order valence-electron chi connectivity index (χ2n) is 6.35. The Labute approximate surface area is 149 Å². The van der Waals surface area contributed by atoms with Crippen LogP contribution in [0, 0.1) is 0 Å². The molecule has 1 heterocycles. The number of benzene rings is 1. The van der Waals surface area contributed by atoms with Gasteiger partial charge in [0, 0.05) is 39.0 Å². The van der Waals surface area contributed by atoms with Gasteiger partial charge in [-0.15, -0.1) is 0 Å². The summed E-state index contributed by atoms with van der Waals surface area (Å²) in [5, 5.41) is 0. The molecule has 1 aliphatic rings. The highest BCUT2D eigenvalue weighted by Crippen LogP contribution is 2.09. The molecule has 0 spiro atoms. The molecule has 8 heteroatoms. The quantitative estimate of drug-likeness (QED) is 0.692. The Hall–Kier alpha value is -1.64. The van der Waals surface area contributed by atoms with Crippen molar-refractivity contribution >= 4 is 15.7 Å². The van der Waals surface area contributed by atoms with Gasteiger partial charge < -0.3 is 15.4 Å². The highest BCUT2D eigenvalue weighted by molar-refractivity contribution is 7.90. The maximum atomic E-state index is 12.3. The fourth-order valence-corrected chi connectivity index (χ4v) is 3.38. The summed E-state index contributed by atoms with van der Waals surface area (Å²) in [6.45, 7) is 4.15. The van der Waals surface area contributed by atoms with Crippen molar-refractivity contribution in [3.8, 4) is 5.75 Å². The minimum atomic E-state index is -3.10. The molecule has 2 rings (SSSR count). The largest absolute Gasteiger partial charge is 0.492 e. The molecule has 1 aromatic carbocycles. The molecule has 0 aromatic heterocycles. The zero-order chi connectivity index (χ0) is 18.3. The lowest BCUT2D eigenvalue weighted by atomic mass is 10.2. The van der Waals surface area contributed by atoms with Crippen LogP contribution in [0.5, 0.6) is 5.75 Å². The normalized spacial score (nSPS) is 17.3. The average molecular weight is 369 g/mol. The topological polar surface area (TPSA) is 92.9 Å². The molecule has 0 radical (unpaired) electrons. The highest BCUT2D eigenvalue weighted by atomic mass is 32.2. The van der Waals surface area contributed by atoms with E-state index >= 15 is 0 Å². The van der Waals surface area contributed by atoms with E-state index in [-0.39, 0.29) is 18.1 Å². The number of carbonyl (C=O) groups excluding carboxylic acids is 1. The first-order valence-corrected chi connectivity index (χ1v) is 10.5. The van der Waals surface area contributed by atoms with Crippen LogP contribution < -0.4 is 10.5 Å². The molecule has 1 aliphatic heterocycles. The standard InChI is InChI=1S/C17H27N3O4S/c1-25(22,23)14-7-16(18)17(21)20-10-8-19(9-11-20)12-13-24-15-5-3-2-4-6-15/h2-6,16H,7-14,18H2,1H3. The first kappa shape index (κ1) is 19.7. The van der Waals surface area contributed by atoms with Gasteiger partial charge in [0.1, 0.15) is 22.2 Å². The van der Waals surface area contributed by atoms with Crippen LogP contribution in [-0.4, -0.2) is 81.5 Å². The van der Waals surface area contributed by atoms with Crippen LogP contribution in [-0.2, 0) is 14.6 Å². The van der Waals surface area contributed by atoms with Crippen molar-refractivity contribution in [3.05, 3.63) is 30.3 Å². The summed E-state index contributed by atoms with van der Waals surface area (Å²) in [5.74, 6) is 0.633. The Morgan fingerprint density at radius 1 is 1.20 bits per heavy atom. The first-order chi connectivity index (χ1) is 11.8. The van der Waals surface area contributed by atoms with Crippen molar-refractivity contribution in [1.29, 1.82) is 0 Å². The molecule has 1 saturated heterocycles. The summed E-state index contributed by atoms with van der Waals surface area (Å²) in [5.41, 5.74) is 5.85. The SMILES string of the molecule is CS(=O)(=O)CCC(N)C(=O)N1CCN(CCOc2ccccc2)CC1. The minimum absolute atomic E-state index is 0.0588. The lowest BCUT2D eigenvalue weighted by Crippen LogP contribution is -2.53. The lowest BCUT2D eigenvalue weighted by Gasteiger charge is -2.35. The number of sulfone groups is 1. The number of amides is 1. The van der Waals surface area contributed by atoms with Gasteiger partial charge in [-0.3, -0.25) is 9.69 Å². The molecular weight excluding hydrogens is 342 g/mol. The minimum Gasteiger partial charge on any atom is -0.492 e. The van der Waals surface area contributed by atoms with Crippen molar-refractivity contribution in [1.82, 2.24) is 9.80 Å². The van der Waals surface area contributed by atoms with Gasteiger partial charge in [-0.05, 0) is 18.6 Å². The van der Waals surface area contributed by atoms with Crippen LogP contribution in [0.15, 0.2) is 30.3 Å². The van der Waals surface area contributed by atoms with Gasteiger partial charge in [0.15, 0.2) is 0 Å². The van der Waals surface area contributed by atoms with Crippen LogP contribution in [0.2, 0.25) is 0 Å². The third-order valence-corrected chi connectivity index (χ3v) is 5.20. The molecule has 0 saturated carbocycles. The van der Waals surface area contributed by atoms with Gasteiger partial charge in [0.05, 0.1) is 11.8 Å². The number of piperazine rings is 1. The van der Waals surface area contributed by atoms with E-state index in [9.17, 15) is 13.2 Å². The van der Waals surface area contributed by atoms with E-state index in [4.69, 9.17) is 10.5 Å². The van der Waals surface area contributed by atoms with Crippen LogP contribution in [0.3, 0.4) is 0 Å². The van der Waals surface area contributed by atoms with E-state index in [0.717, 1.165) is 31.6 Å². The molecule has 2 N–H and O–H groups in total. The van der Waals surface area contributed by atoms with Crippen LogP contribution in [0.25, 0.3) is 0 Å². The fourth-order valence-electron chi connectivity index (χ4n) is 2.70. The Kier molecular flexibility index (Phi) is 7.22. The molecule has 25 heavy (non-hydrogen) atoms.